The van der Waals surface area contributed by atoms with Crippen LogP contribution in [0.25, 0.3) is 0 Å². The Labute approximate surface area is 131 Å². The zero-order chi connectivity index (χ0) is 15.2. The number of hydrogen-bond donors (Lipinski definition) is 1. The van der Waals surface area contributed by atoms with Crippen LogP contribution >= 0.6 is 11.8 Å². The van der Waals surface area contributed by atoms with Crippen LogP contribution in [0.3, 0.4) is 0 Å². The van der Waals surface area contributed by atoms with Crippen molar-refractivity contribution in [1.82, 2.24) is 15.3 Å². The first-order valence-electron chi connectivity index (χ1n) is 7.33. The molecule has 4 heteroatoms. The van der Waals surface area contributed by atoms with Crippen LogP contribution in [-0.4, -0.2) is 22.3 Å². The van der Waals surface area contributed by atoms with Crippen LogP contribution in [0.2, 0.25) is 0 Å². The molecule has 3 nitrogen and oxygen atoms in total. The van der Waals surface area contributed by atoms with Crippen molar-refractivity contribution in [3.8, 4) is 0 Å². The smallest absolute Gasteiger partial charge is 0.187 e. The summed E-state index contributed by atoms with van der Waals surface area (Å²) in [6.07, 6.45) is 1.82. The molecule has 0 bridgehead atoms. The monoisotopic (exact) mass is 301 g/mol. The van der Waals surface area contributed by atoms with E-state index in [0.29, 0.717) is 6.04 Å². The van der Waals surface area contributed by atoms with Crippen molar-refractivity contribution in [2.24, 2.45) is 0 Å². The Morgan fingerprint density at radius 1 is 1.19 bits per heavy atom. The maximum Gasteiger partial charge on any atom is 0.187 e. The van der Waals surface area contributed by atoms with Gasteiger partial charge in [-0.2, -0.15) is 0 Å². The van der Waals surface area contributed by atoms with Gasteiger partial charge in [-0.1, -0.05) is 42.4 Å². The summed E-state index contributed by atoms with van der Waals surface area (Å²) >= 11 is 1.71. The third-order valence-electron chi connectivity index (χ3n) is 3.41. The normalized spacial score (nSPS) is 12.4. The van der Waals surface area contributed by atoms with Crippen molar-refractivity contribution in [3.05, 3.63) is 52.8 Å². The Balaban J connectivity index is 2.13. The summed E-state index contributed by atoms with van der Waals surface area (Å²) in [7, 11) is 0. The SMILES string of the molecule is CCNC(CSc1nccc(C)n1)c1cc(C)ccc1C. The summed E-state index contributed by atoms with van der Waals surface area (Å²) < 4.78 is 0. The predicted molar refractivity (Wildman–Crippen MR) is 89.8 cm³/mol. The van der Waals surface area contributed by atoms with Crippen LogP contribution in [0.1, 0.15) is 35.3 Å². The fourth-order valence-electron chi connectivity index (χ4n) is 2.29. The van der Waals surface area contributed by atoms with E-state index in [1.54, 1.807) is 11.8 Å². The Morgan fingerprint density at radius 3 is 2.71 bits per heavy atom. The summed E-state index contributed by atoms with van der Waals surface area (Å²) in [5.74, 6) is 0.932. The van der Waals surface area contributed by atoms with Gasteiger partial charge in [0.1, 0.15) is 0 Å². The van der Waals surface area contributed by atoms with Gasteiger partial charge in [0.05, 0.1) is 0 Å². The maximum absolute atomic E-state index is 4.46. The van der Waals surface area contributed by atoms with Gasteiger partial charge in [-0.25, -0.2) is 9.97 Å². The summed E-state index contributed by atoms with van der Waals surface area (Å²) in [6.45, 7) is 9.41. The minimum atomic E-state index is 0.323. The van der Waals surface area contributed by atoms with E-state index < -0.39 is 0 Å². The fourth-order valence-corrected chi connectivity index (χ4v) is 3.25. The Bertz CT molecular complexity index is 598. The average molecular weight is 301 g/mol. The summed E-state index contributed by atoms with van der Waals surface area (Å²) in [6, 6.07) is 8.89. The summed E-state index contributed by atoms with van der Waals surface area (Å²) in [5.41, 5.74) is 5.02. The van der Waals surface area contributed by atoms with E-state index >= 15 is 0 Å². The minimum absolute atomic E-state index is 0.323. The topological polar surface area (TPSA) is 37.8 Å². The van der Waals surface area contributed by atoms with E-state index in [1.807, 2.05) is 19.2 Å². The van der Waals surface area contributed by atoms with Crippen LogP contribution in [0, 0.1) is 20.8 Å². The third-order valence-corrected chi connectivity index (χ3v) is 4.37. The zero-order valence-electron chi connectivity index (χ0n) is 13.2. The first-order chi connectivity index (χ1) is 10.1. The fraction of sp³-hybridized carbons (Fsp3) is 0.412. The van der Waals surface area contributed by atoms with E-state index in [-0.39, 0.29) is 0 Å². The van der Waals surface area contributed by atoms with Gasteiger partial charge >= 0.3 is 0 Å². The quantitative estimate of drug-likeness (QED) is 0.650. The third kappa shape index (κ3) is 4.55. The van der Waals surface area contributed by atoms with Crippen LogP contribution in [0.5, 0.6) is 0 Å². The first kappa shape index (κ1) is 16.0. The number of nitrogens with one attached hydrogen (secondary N) is 1. The van der Waals surface area contributed by atoms with Crippen LogP contribution < -0.4 is 5.32 Å². The molecule has 0 aliphatic carbocycles. The van der Waals surface area contributed by atoms with Gasteiger partial charge in [-0.3, -0.25) is 0 Å². The highest BCUT2D eigenvalue weighted by Gasteiger charge is 2.14. The molecule has 0 fully saturated rings. The molecule has 0 saturated carbocycles. The van der Waals surface area contributed by atoms with Crippen molar-refractivity contribution in [3.63, 3.8) is 0 Å². The predicted octanol–water partition coefficient (Wildman–Crippen LogP) is 3.84. The molecule has 2 aromatic rings. The second-order valence-electron chi connectivity index (χ2n) is 5.26. The molecule has 1 N–H and O–H groups in total. The molecule has 0 aliphatic heterocycles. The van der Waals surface area contributed by atoms with Crippen molar-refractivity contribution in [2.45, 2.75) is 38.9 Å². The highest BCUT2D eigenvalue weighted by Crippen LogP contribution is 2.25. The van der Waals surface area contributed by atoms with E-state index in [9.17, 15) is 0 Å². The van der Waals surface area contributed by atoms with Crippen molar-refractivity contribution in [2.75, 3.05) is 12.3 Å². The second-order valence-corrected chi connectivity index (χ2v) is 6.25. The lowest BCUT2D eigenvalue weighted by Gasteiger charge is -2.20. The lowest BCUT2D eigenvalue weighted by Crippen LogP contribution is -2.24. The maximum atomic E-state index is 4.46. The molecule has 0 saturated heterocycles. The highest BCUT2D eigenvalue weighted by atomic mass is 32.2. The van der Waals surface area contributed by atoms with Gasteiger partial charge in [0.25, 0.3) is 0 Å². The molecular weight excluding hydrogens is 278 g/mol. The molecule has 0 spiro atoms. The molecule has 0 amide bonds. The molecule has 112 valence electrons. The van der Waals surface area contributed by atoms with Gasteiger partial charge in [-0.15, -0.1) is 0 Å². The van der Waals surface area contributed by atoms with Gasteiger partial charge in [0.2, 0.25) is 0 Å². The standard InChI is InChI=1S/C17H23N3S/c1-5-18-16(15-10-12(2)6-7-13(15)3)11-21-17-19-9-8-14(4)20-17/h6-10,16,18H,5,11H2,1-4H3. The number of aryl methyl sites for hydroxylation is 3. The van der Waals surface area contributed by atoms with Gasteiger partial charge in [0, 0.05) is 23.7 Å². The largest absolute Gasteiger partial charge is 0.309 e. The highest BCUT2D eigenvalue weighted by molar-refractivity contribution is 7.99. The number of benzene rings is 1. The molecule has 21 heavy (non-hydrogen) atoms. The van der Waals surface area contributed by atoms with E-state index in [4.69, 9.17) is 0 Å². The minimum Gasteiger partial charge on any atom is -0.309 e. The summed E-state index contributed by atoms with van der Waals surface area (Å²) in [5, 5.41) is 4.43. The number of hydrogen-bond acceptors (Lipinski definition) is 4. The lowest BCUT2D eigenvalue weighted by molar-refractivity contribution is 0.602. The molecule has 2 rings (SSSR count). The average Bonchev–Trinajstić information content (AvgIpc) is 2.46. The zero-order valence-corrected chi connectivity index (χ0v) is 14.0. The van der Waals surface area contributed by atoms with Crippen LogP contribution in [0.4, 0.5) is 0 Å². The molecular formula is C17H23N3S. The molecule has 1 aromatic heterocycles. The van der Waals surface area contributed by atoms with Crippen LogP contribution in [-0.2, 0) is 0 Å². The second kappa shape index (κ2) is 7.57. The lowest BCUT2D eigenvalue weighted by atomic mass is 10.00. The van der Waals surface area contributed by atoms with Crippen molar-refractivity contribution in [1.29, 1.82) is 0 Å². The van der Waals surface area contributed by atoms with E-state index in [0.717, 1.165) is 23.1 Å². The number of thioether (sulfide) groups is 1. The van der Waals surface area contributed by atoms with Gasteiger partial charge in [-0.05, 0) is 44.5 Å². The van der Waals surface area contributed by atoms with Gasteiger partial charge in [0.15, 0.2) is 5.16 Å². The Hall–Kier alpha value is -1.39. The van der Waals surface area contributed by atoms with Crippen molar-refractivity contribution < 1.29 is 0 Å². The number of nitrogens with zero attached hydrogens (tertiary/aromatic N) is 2. The molecule has 1 unspecified atom stereocenters. The molecule has 0 aliphatic rings. The Kier molecular flexibility index (Phi) is 5.76. The van der Waals surface area contributed by atoms with E-state index in [1.165, 1.54) is 16.7 Å². The molecule has 0 radical (unpaired) electrons. The van der Waals surface area contributed by atoms with Crippen molar-refractivity contribution >= 4 is 11.8 Å². The molecule has 1 heterocycles. The number of rotatable bonds is 6. The molecule has 1 atom stereocenters. The van der Waals surface area contributed by atoms with E-state index in [2.05, 4.69) is 54.3 Å². The first-order valence-corrected chi connectivity index (χ1v) is 8.31. The van der Waals surface area contributed by atoms with Gasteiger partial charge < -0.3 is 5.32 Å². The van der Waals surface area contributed by atoms with Crippen LogP contribution in [0.15, 0.2) is 35.6 Å². The Morgan fingerprint density at radius 2 is 2.00 bits per heavy atom. The number of aromatic nitrogens is 2. The summed E-state index contributed by atoms with van der Waals surface area (Å²) in [4.78, 5) is 8.79. The molecule has 1 aromatic carbocycles.